The number of methoxy groups -OCH3 is 1. The smallest absolute Gasteiger partial charge is 0.310 e. The number of nitrogens with zero attached hydrogens (tertiary/aromatic N) is 2. The maximum Gasteiger partial charge on any atom is 0.310 e. The predicted octanol–water partition coefficient (Wildman–Crippen LogP) is 2.84. The highest BCUT2D eigenvalue weighted by Gasteiger charge is 2.22. The van der Waals surface area contributed by atoms with E-state index in [1.807, 2.05) is 37.3 Å². The van der Waals surface area contributed by atoms with Gasteiger partial charge in [0.25, 0.3) is 5.91 Å². The molecular formula is C19H22N2O3. The van der Waals surface area contributed by atoms with Crippen LogP contribution >= 0.6 is 0 Å². The lowest BCUT2D eigenvalue weighted by Crippen LogP contribution is -2.36. The van der Waals surface area contributed by atoms with E-state index in [9.17, 15) is 9.59 Å². The number of hydrogen-bond donors (Lipinski definition) is 0. The van der Waals surface area contributed by atoms with Gasteiger partial charge in [0.15, 0.2) is 0 Å². The van der Waals surface area contributed by atoms with Crippen LogP contribution in [0.4, 0.5) is 0 Å². The first kappa shape index (κ1) is 17.7. The van der Waals surface area contributed by atoms with E-state index < -0.39 is 5.92 Å². The molecule has 1 atom stereocenters. The fourth-order valence-electron chi connectivity index (χ4n) is 2.49. The number of pyridine rings is 1. The standard InChI is InChI=1S/C19H22N2O3/c1-14-5-4-6-17(11-14)18(22)21(12-15(2)19(23)24-3)13-16-7-9-20-10-8-16/h4-11,15H,12-13H2,1-3H3. The van der Waals surface area contributed by atoms with Crippen LogP contribution in [0.5, 0.6) is 0 Å². The Hall–Kier alpha value is -2.69. The number of esters is 1. The lowest BCUT2D eigenvalue weighted by atomic mass is 10.1. The summed E-state index contributed by atoms with van der Waals surface area (Å²) in [6.45, 7) is 4.41. The number of carbonyl (C=O) groups is 2. The van der Waals surface area contributed by atoms with Gasteiger partial charge in [-0.15, -0.1) is 0 Å². The Morgan fingerprint density at radius 3 is 2.54 bits per heavy atom. The van der Waals surface area contributed by atoms with E-state index in [1.165, 1.54) is 7.11 Å². The zero-order chi connectivity index (χ0) is 17.5. The van der Waals surface area contributed by atoms with Gasteiger partial charge in [-0.1, -0.05) is 24.6 Å². The van der Waals surface area contributed by atoms with Crippen molar-refractivity contribution in [2.45, 2.75) is 20.4 Å². The molecule has 0 radical (unpaired) electrons. The van der Waals surface area contributed by atoms with Crippen LogP contribution < -0.4 is 0 Å². The van der Waals surface area contributed by atoms with Crippen LogP contribution in [0.2, 0.25) is 0 Å². The molecule has 1 heterocycles. The number of benzene rings is 1. The summed E-state index contributed by atoms with van der Waals surface area (Å²) in [5.41, 5.74) is 2.59. The van der Waals surface area contributed by atoms with Gasteiger partial charge in [-0.25, -0.2) is 0 Å². The van der Waals surface area contributed by atoms with E-state index >= 15 is 0 Å². The second-order valence-electron chi connectivity index (χ2n) is 5.83. The van der Waals surface area contributed by atoms with Crippen molar-refractivity contribution in [3.8, 4) is 0 Å². The van der Waals surface area contributed by atoms with Crippen LogP contribution in [0.25, 0.3) is 0 Å². The van der Waals surface area contributed by atoms with Gasteiger partial charge in [0.1, 0.15) is 0 Å². The van der Waals surface area contributed by atoms with Gasteiger partial charge < -0.3 is 9.64 Å². The topological polar surface area (TPSA) is 59.5 Å². The Balaban J connectivity index is 2.24. The average Bonchev–Trinajstić information content (AvgIpc) is 2.60. The zero-order valence-corrected chi connectivity index (χ0v) is 14.2. The van der Waals surface area contributed by atoms with Crippen LogP contribution in [-0.2, 0) is 16.1 Å². The third-order valence-corrected chi connectivity index (χ3v) is 3.77. The molecular weight excluding hydrogens is 304 g/mol. The lowest BCUT2D eigenvalue weighted by molar-refractivity contribution is -0.145. The minimum absolute atomic E-state index is 0.105. The van der Waals surface area contributed by atoms with E-state index in [1.54, 1.807) is 30.3 Å². The fourth-order valence-corrected chi connectivity index (χ4v) is 2.49. The van der Waals surface area contributed by atoms with E-state index in [4.69, 9.17) is 4.74 Å². The molecule has 0 N–H and O–H groups in total. The van der Waals surface area contributed by atoms with E-state index in [0.29, 0.717) is 18.7 Å². The van der Waals surface area contributed by atoms with Crippen LogP contribution in [0.15, 0.2) is 48.8 Å². The summed E-state index contributed by atoms with van der Waals surface area (Å²) in [7, 11) is 1.36. The largest absolute Gasteiger partial charge is 0.469 e. The number of carbonyl (C=O) groups excluding carboxylic acids is 2. The van der Waals surface area contributed by atoms with Crippen molar-refractivity contribution in [3.05, 3.63) is 65.5 Å². The zero-order valence-electron chi connectivity index (χ0n) is 14.2. The Labute approximate surface area is 142 Å². The van der Waals surface area contributed by atoms with Gasteiger partial charge in [0.2, 0.25) is 0 Å². The second kappa shape index (κ2) is 8.24. The molecule has 126 valence electrons. The molecule has 1 aromatic heterocycles. The predicted molar refractivity (Wildman–Crippen MR) is 91.3 cm³/mol. The molecule has 5 nitrogen and oxygen atoms in total. The molecule has 2 aromatic rings. The highest BCUT2D eigenvalue weighted by Crippen LogP contribution is 2.14. The minimum atomic E-state index is -0.398. The summed E-state index contributed by atoms with van der Waals surface area (Å²) in [5.74, 6) is -0.830. The summed E-state index contributed by atoms with van der Waals surface area (Å²) in [6, 6.07) is 11.2. The third kappa shape index (κ3) is 4.65. The van der Waals surface area contributed by atoms with Crippen molar-refractivity contribution < 1.29 is 14.3 Å². The molecule has 0 saturated carbocycles. The number of aromatic nitrogens is 1. The van der Waals surface area contributed by atoms with Crippen molar-refractivity contribution in [1.82, 2.24) is 9.88 Å². The number of ether oxygens (including phenoxy) is 1. The quantitative estimate of drug-likeness (QED) is 0.766. The monoisotopic (exact) mass is 326 g/mol. The maximum absolute atomic E-state index is 12.9. The van der Waals surface area contributed by atoms with Crippen LogP contribution in [0.1, 0.15) is 28.4 Å². The molecule has 1 unspecified atom stereocenters. The van der Waals surface area contributed by atoms with Gasteiger partial charge in [-0.2, -0.15) is 0 Å². The summed E-state index contributed by atoms with van der Waals surface area (Å²) >= 11 is 0. The first-order valence-electron chi connectivity index (χ1n) is 7.84. The first-order valence-corrected chi connectivity index (χ1v) is 7.84. The average molecular weight is 326 g/mol. The normalized spacial score (nSPS) is 11.6. The number of rotatable bonds is 6. The van der Waals surface area contributed by atoms with E-state index in [0.717, 1.165) is 11.1 Å². The molecule has 0 aliphatic heterocycles. The molecule has 24 heavy (non-hydrogen) atoms. The molecule has 0 saturated heterocycles. The van der Waals surface area contributed by atoms with Gasteiger partial charge >= 0.3 is 5.97 Å². The summed E-state index contributed by atoms with van der Waals surface area (Å²) in [6.07, 6.45) is 3.38. The summed E-state index contributed by atoms with van der Waals surface area (Å²) < 4.78 is 4.78. The lowest BCUT2D eigenvalue weighted by Gasteiger charge is -2.25. The van der Waals surface area contributed by atoms with Crippen LogP contribution in [-0.4, -0.2) is 35.4 Å². The number of amides is 1. The SMILES string of the molecule is COC(=O)C(C)CN(Cc1ccncc1)C(=O)c1cccc(C)c1. The highest BCUT2D eigenvalue weighted by atomic mass is 16.5. The molecule has 0 fully saturated rings. The second-order valence-corrected chi connectivity index (χ2v) is 5.83. The van der Waals surface area contributed by atoms with Crippen molar-refractivity contribution in [2.24, 2.45) is 5.92 Å². The van der Waals surface area contributed by atoms with Gasteiger partial charge in [0, 0.05) is 31.0 Å². The van der Waals surface area contributed by atoms with E-state index in [2.05, 4.69) is 4.98 Å². The number of hydrogen-bond acceptors (Lipinski definition) is 4. The minimum Gasteiger partial charge on any atom is -0.469 e. The number of aryl methyl sites for hydroxylation is 1. The molecule has 0 aliphatic rings. The maximum atomic E-state index is 12.9. The molecule has 1 amide bonds. The summed E-state index contributed by atoms with van der Waals surface area (Å²) in [4.78, 5) is 30.3. The third-order valence-electron chi connectivity index (χ3n) is 3.77. The van der Waals surface area contributed by atoms with Crippen molar-refractivity contribution >= 4 is 11.9 Å². The molecule has 5 heteroatoms. The molecule has 0 bridgehead atoms. The van der Waals surface area contributed by atoms with Gasteiger partial charge in [0.05, 0.1) is 13.0 Å². The fraction of sp³-hybridized carbons (Fsp3) is 0.316. The van der Waals surface area contributed by atoms with Crippen molar-refractivity contribution in [2.75, 3.05) is 13.7 Å². The molecule has 2 rings (SSSR count). The van der Waals surface area contributed by atoms with Crippen LogP contribution in [0, 0.1) is 12.8 Å². The Bertz CT molecular complexity index is 701. The molecule has 0 aliphatic carbocycles. The Kier molecular flexibility index (Phi) is 6.07. The summed E-state index contributed by atoms with van der Waals surface area (Å²) in [5, 5.41) is 0. The van der Waals surface area contributed by atoms with Crippen molar-refractivity contribution in [1.29, 1.82) is 0 Å². The molecule has 1 aromatic carbocycles. The van der Waals surface area contributed by atoms with Gasteiger partial charge in [-0.05, 0) is 36.8 Å². The van der Waals surface area contributed by atoms with Crippen molar-refractivity contribution in [3.63, 3.8) is 0 Å². The Morgan fingerprint density at radius 2 is 1.92 bits per heavy atom. The first-order chi connectivity index (χ1) is 11.5. The highest BCUT2D eigenvalue weighted by molar-refractivity contribution is 5.94. The van der Waals surface area contributed by atoms with Crippen LogP contribution in [0.3, 0.4) is 0 Å². The molecule has 0 spiro atoms. The van der Waals surface area contributed by atoms with E-state index in [-0.39, 0.29) is 11.9 Å². The Morgan fingerprint density at radius 1 is 1.21 bits per heavy atom. The van der Waals surface area contributed by atoms with Gasteiger partial charge in [-0.3, -0.25) is 14.6 Å².